The Morgan fingerprint density at radius 3 is 3.18 bits per heavy atom. The first kappa shape index (κ1) is 6.85. The average Bonchev–Trinajstić information content (AvgIpc) is 2.34. The third kappa shape index (κ3) is 1.05. The Hall–Kier alpha value is -0.830. The van der Waals surface area contributed by atoms with Gasteiger partial charge in [-0.3, -0.25) is 0 Å². The number of pyridine rings is 1. The molecule has 0 radical (unpaired) electrons. The summed E-state index contributed by atoms with van der Waals surface area (Å²) in [7, 11) is 0. The van der Waals surface area contributed by atoms with E-state index in [0.717, 1.165) is 9.99 Å². The molecule has 56 valence electrons. The molecule has 2 nitrogen and oxygen atoms in total. The lowest BCUT2D eigenvalue weighted by Gasteiger charge is -1.98. The predicted octanol–water partition coefficient (Wildman–Crippen LogP) is 2.41. The SMILES string of the molecule is Cc1cc(Br)cn2cncc12. The minimum absolute atomic E-state index is 1.08. The largest absolute Gasteiger partial charge is 0.305 e. The molecule has 11 heavy (non-hydrogen) atoms. The number of nitrogens with zero attached hydrogens (tertiary/aromatic N) is 2. The molecule has 0 aliphatic rings. The van der Waals surface area contributed by atoms with Gasteiger partial charge in [0.05, 0.1) is 18.0 Å². The molecular weight excluding hydrogens is 204 g/mol. The molecule has 2 aromatic heterocycles. The van der Waals surface area contributed by atoms with Gasteiger partial charge in [-0.25, -0.2) is 4.98 Å². The predicted molar refractivity (Wildman–Crippen MR) is 47.6 cm³/mol. The van der Waals surface area contributed by atoms with Crippen molar-refractivity contribution in [1.82, 2.24) is 9.38 Å². The lowest BCUT2D eigenvalue weighted by molar-refractivity contribution is 1.13. The van der Waals surface area contributed by atoms with Crippen molar-refractivity contribution in [3.05, 3.63) is 34.8 Å². The molecule has 0 atom stereocenters. The maximum Gasteiger partial charge on any atom is 0.0992 e. The van der Waals surface area contributed by atoms with Crippen LogP contribution in [0.4, 0.5) is 0 Å². The van der Waals surface area contributed by atoms with Crippen LogP contribution in [-0.4, -0.2) is 9.38 Å². The molecule has 0 unspecified atom stereocenters. The molecule has 0 saturated carbocycles. The Kier molecular flexibility index (Phi) is 1.46. The van der Waals surface area contributed by atoms with Crippen LogP contribution in [0.3, 0.4) is 0 Å². The van der Waals surface area contributed by atoms with Crippen LogP contribution in [0, 0.1) is 6.92 Å². The average molecular weight is 211 g/mol. The van der Waals surface area contributed by atoms with Crippen molar-refractivity contribution in [3.8, 4) is 0 Å². The second kappa shape index (κ2) is 2.34. The van der Waals surface area contributed by atoms with E-state index in [4.69, 9.17) is 0 Å². The van der Waals surface area contributed by atoms with Gasteiger partial charge < -0.3 is 4.40 Å². The van der Waals surface area contributed by atoms with Gasteiger partial charge >= 0.3 is 0 Å². The molecule has 0 aromatic carbocycles. The van der Waals surface area contributed by atoms with Crippen molar-refractivity contribution >= 4 is 21.4 Å². The van der Waals surface area contributed by atoms with Crippen LogP contribution in [0.2, 0.25) is 0 Å². The van der Waals surface area contributed by atoms with Crippen LogP contribution in [0.1, 0.15) is 5.56 Å². The molecule has 0 aliphatic carbocycles. The summed E-state index contributed by atoms with van der Waals surface area (Å²) in [5, 5.41) is 0. The summed E-state index contributed by atoms with van der Waals surface area (Å²) in [4.78, 5) is 4.05. The number of aromatic nitrogens is 2. The van der Waals surface area contributed by atoms with E-state index in [1.54, 1.807) is 6.33 Å². The highest BCUT2D eigenvalue weighted by Gasteiger charge is 1.97. The van der Waals surface area contributed by atoms with Crippen molar-refractivity contribution in [2.45, 2.75) is 6.92 Å². The number of aryl methyl sites for hydroxylation is 1. The Balaban J connectivity index is 2.91. The van der Waals surface area contributed by atoms with E-state index in [9.17, 15) is 0 Å². The number of fused-ring (bicyclic) bond motifs is 1. The van der Waals surface area contributed by atoms with Crippen LogP contribution in [0.15, 0.2) is 29.3 Å². The Labute approximate surface area is 73.0 Å². The fraction of sp³-hybridized carbons (Fsp3) is 0.125. The number of rotatable bonds is 0. The van der Waals surface area contributed by atoms with Gasteiger partial charge in [-0.2, -0.15) is 0 Å². The second-order valence-corrected chi connectivity index (χ2v) is 3.44. The van der Waals surface area contributed by atoms with Crippen LogP contribution in [0.25, 0.3) is 5.52 Å². The fourth-order valence-electron chi connectivity index (χ4n) is 1.16. The normalized spacial score (nSPS) is 10.7. The van der Waals surface area contributed by atoms with Crippen LogP contribution < -0.4 is 0 Å². The maximum atomic E-state index is 4.05. The molecule has 3 heteroatoms. The second-order valence-electron chi connectivity index (χ2n) is 2.53. The van der Waals surface area contributed by atoms with E-state index >= 15 is 0 Å². The molecule has 0 N–H and O–H groups in total. The Morgan fingerprint density at radius 1 is 1.55 bits per heavy atom. The molecule has 2 aromatic rings. The summed E-state index contributed by atoms with van der Waals surface area (Å²) in [6, 6.07) is 2.08. The number of halogens is 1. The van der Waals surface area contributed by atoms with E-state index in [1.807, 2.05) is 16.8 Å². The van der Waals surface area contributed by atoms with Crippen LogP contribution >= 0.6 is 15.9 Å². The Morgan fingerprint density at radius 2 is 2.36 bits per heavy atom. The first-order chi connectivity index (χ1) is 5.27. The zero-order valence-electron chi connectivity index (χ0n) is 6.08. The summed E-state index contributed by atoms with van der Waals surface area (Å²) in [6.07, 6.45) is 5.66. The molecule has 2 rings (SSSR count). The minimum Gasteiger partial charge on any atom is -0.305 e. The number of hydrogen-bond donors (Lipinski definition) is 0. The van der Waals surface area contributed by atoms with E-state index < -0.39 is 0 Å². The van der Waals surface area contributed by atoms with E-state index in [-0.39, 0.29) is 0 Å². The van der Waals surface area contributed by atoms with Crippen molar-refractivity contribution in [2.75, 3.05) is 0 Å². The van der Waals surface area contributed by atoms with Gasteiger partial charge in [0.25, 0.3) is 0 Å². The number of hydrogen-bond acceptors (Lipinski definition) is 1. The molecule has 0 saturated heterocycles. The highest BCUT2D eigenvalue weighted by atomic mass is 79.9. The topological polar surface area (TPSA) is 17.3 Å². The van der Waals surface area contributed by atoms with Gasteiger partial charge in [0.15, 0.2) is 0 Å². The third-order valence-electron chi connectivity index (χ3n) is 1.69. The summed E-state index contributed by atoms with van der Waals surface area (Å²) >= 11 is 3.42. The smallest absolute Gasteiger partial charge is 0.0992 e. The van der Waals surface area contributed by atoms with Gasteiger partial charge in [0.1, 0.15) is 0 Å². The first-order valence-electron chi connectivity index (χ1n) is 3.35. The van der Waals surface area contributed by atoms with Crippen LogP contribution in [0.5, 0.6) is 0 Å². The summed E-state index contributed by atoms with van der Waals surface area (Å²) < 4.78 is 3.08. The number of imidazole rings is 1. The van der Waals surface area contributed by atoms with Gasteiger partial charge in [-0.05, 0) is 34.5 Å². The quantitative estimate of drug-likeness (QED) is 0.653. The van der Waals surface area contributed by atoms with Crippen molar-refractivity contribution in [3.63, 3.8) is 0 Å². The van der Waals surface area contributed by atoms with Gasteiger partial charge in [0, 0.05) is 10.7 Å². The molecule has 0 amide bonds. The van der Waals surface area contributed by atoms with E-state index in [0.29, 0.717) is 0 Å². The minimum atomic E-state index is 1.08. The van der Waals surface area contributed by atoms with E-state index in [2.05, 4.69) is 33.9 Å². The van der Waals surface area contributed by atoms with Crippen molar-refractivity contribution in [1.29, 1.82) is 0 Å². The van der Waals surface area contributed by atoms with E-state index in [1.165, 1.54) is 5.56 Å². The van der Waals surface area contributed by atoms with Gasteiger partial charge in [-0.15, -0.1) is 0 Å². The lowest BCUT2D eigenvalue weighted by Crippen LogP contribution is -1.84. The molecule has 0 spiro atoms. The molecular formula is C8H7BrN2. The Bertz CT molecular complexity index is 392. The standard InChI is InChI=1S/C8H7BrN2/c1-6-2-7(9)4-11-5-10-3-8(6)11/h2-5H,1H3. The monoisotopic (exact) mass is 210 g/mol. The van der Waals surface area contributed by atoms with Crippen molar-refractivity contribution in [2.24, 2.45) is 0 Å². The molecule has 0 bridgehead atoms. The molecule has 0 fully saturated rings. The molecule has 2 heterocycles. The summed E-state index contributed by atoms with van der Waals surface area (Å²) in [5.74, 6) is 0. The lowest BCUT2D eigenvalue weighted by atomic mass is 10.3. The first-order valence-corrected chi connectivity index (χ1v) is 4.14. The highest BCUT2D eigenvalue weighted by molar-refractivity contribution is 9.10. The van der Waals surface area contributed by atoms with Gasteiger partial charge in [-0.1, -0.05) is 0 Å². The van der Waals surface area contributed by atoms with Crippen molar-refractivity contribution < 1.29 is 0 Å². The summed E-state index contributed by atoms with van der Waals surface area (Å²) in [6.45, 7) is 2.07. The third-order valence-corrected chi connectivity index (χ3v) is 2.12. The van der Waals surface area contributed by atoms with Crippen LogP contribution in [-0.2, 0) is 0 Å². The summed E-state index contributed by atoms with van der Waals surface area (Å²) in [5.41, 5.74) is 2.39. The molecule has 0 aliphatic heterocycles. The zero-order chi connectivity index (χ0) is 7.84. The maximum absolute atomic E-state index is 4.05. The van der Waals surface area contributed by atoms with Gasteiger partial charge in [0.2, 0.25) is 0 Å². The highest BCUT2D eigenvalue weighted by Crippen LogP contribution is 2.15. The fourth-order valence-corrected chi connectivity index (χ4v) is 1.73. The zero-order valence-corrected chi connectivity index (χ0v) is 7.67.